The molecule has 0 aliphatic carbocycles. The highest BCUT2D eigenvalue weighted by Gasteiger charge is 2.25. The molecule has 0 aliphatic heterocycles. The van der Waals surface area contributed by atoms with Crippen molar-refractivity contribution in [3.05, 3.63) is 57.0 Å². The van der Waals surface area contributed by atoms with Gasteiger partial charge >= 0.3 is 5.97 Å². The molecule has 1 unspecified atom stereocenters. The number of carbonyl (C=O) groups is 1. The van der Waals surface area contributed by atoms with Crippen molar-refractivity contribution in [2.45, 2.75) is 6.04 Å². The minimum atomic E-state index is -0.848. The summed E-state index contributed by atoms with van der Waals surface area (Å²) >= 11 is 6.66. The molecule has 0 aliphatic rings. The number of aromatic nitrogens is 1. The van der Waals surface area contributed by atoms with E-state index in [1.165, 1.54) is 19.2 Å². The van der Waals surface area contributed by atoms with Crippen LogP contribution in [0.4, 0.5) is 10.1 Å². The maximum Gasteiger partial charge on any atom is 0.334 e. The molecule has 0 amide bonds. The van der Waals surface area contributed by atoms with Crippen molar-refractivity contribution < 1.29 is 13.9 Å². The second kappa shape index (κ2) is 7.00. The molecular weight excluding hydrogens is 407 g/mol. The molecule has 7 heteroatoms. The van der Waals surface area contributed by atoms with Crippen LogP contribution in [0.25, 0.3) is 0 Å². The van der Waals surface area contributed by atoms with Crippen molar-refractivity contribution in [3.63, 3.8) is 0 Å². The molecule has 0 fully saturated rings. The molecule has 1 aromatic carbocycles. The number of methoxy groups -OCH3 is 1. The van der Waals surface area contributed by atoms with E-state index in [4.69, 9.17) is 4.74 Å². The maximum atomic E-state index is 13.2. The van der Waals surface area contributed by atoms with E-state index < -0.39 is 17.8 Å². The molecule has 21 heavy (non-hydrogen) atoms. The summed E-state index contributed by atoms with van der Waals surface area (Å²) in [5, 5.41) is 2.92. The molecule has 0 saturated heterocycles. The smallest absolute Gasteiger partial charge is 0.334 e. The Morgan fingerprint density at radius 1 is 1.38 bits per heavy atom. The fourth-order valence-corrected chi connectivity index (χ4v) is 2.96. The molecule has 0 bridgehead atoms. The Bertz CT molecular complexity index is 667. The van der Waals surface area contributed by atoms with E-state index in [9.17, 15) is 9.18 Å². The lowest BCUT2D eigenvalue weighted by Crippen LogP contribution is -2.23. The lowest BCUT2D eigenvalue weighted by molar-refractivity contribution is -0.141. The number of benzene rings is 1. The highest BCUT2D eigenvalue weighted by Crippen LogP contribution is 2.28. The Morgan fingerprint density at radius 2 is 2.14 bits per heavy atom. The number of halogens is 3. The number of hydrogen-bond donors (Lipinski definition) is 1. The third kappa shape index (κ3) is 4.01. The van der Waals surface area contributed by atoms with Crippen molar-refractivity contribution >= 4 is 43.5 Å². The van der Waals surface area contributed by atoms with Gasteiger partial charge in [0.2, 0.25) is 0 Å². The van der Waals surface area contributed by atoms with Gasteiger partial charge in [-0.25, -0.2) is 9.18 Å². The molecule has 1 N–H and O–H groups in total. The zero-order chi connectivity index (χ0) is 15.4. The van der Waals surface area contributed by atoms with Gasteiger partial charge in [0.1, 0.15) is 5.82 Å². The summed E-state index contributed by atoms with van der Waals surface area (Å²) in [5.74, 6) is -0.916. The third-order valence-corrected chi connectivity index (χ3v) is 3.75. The van der Waals surface area contributed by atoms with E-state index in [-0.39, 0.29) is 0 Å². The number of hydrogen-bond acceptors (Lipinski definition) is 4. The summed E-state index contributed by atoms with van der Waals surface area (Å²) < 4.78 is 19.4. The number of rotatable bonds is 4. The number of pyridine rings is 1. The number of anilines is 1. The molecule has 110 valence electrons. The molecule has 1 aromatic heterocycles. The van der Waals surface area contributed by atoms with Gasteiger partial charge in [0, 0.05) is 20.8 Å². The van der Waals surface area contributed by atoms with Gasteiger partial charge in [0.25, 0.3) is 0 Å². The van der Waals surface area contributed by atoms with Crippen LogP contribution in [0, 0.1) is 5.82 Å². The minimum Gasteiger partial charge on any atom is -0.467 e. The Hall–Kier alpha value is -1.47. The van der Waals surface area contributed by atoms with Crippen LogP contribution >= 0.6 is 31.9 Å². The molecule has 2 rings (SSSR count). The highest BCUT2D eigenvalue weighted by atomic mass is 79.9. The van der Waals surface area contributed by atoms with E-state index in [0.717, 1.165) is 4.47 Å². The number of ether oxygens (including phenoxy) is 1. The topological polar surface area (TPSA) is 51.2 Å². The SMILES string of the molecule is COC(=O)C(Nc1cccc(F)c1)c1ncc(Br)cc1Br. The van der Waals surface area contributed by atoms with Crippen molar-refractivity contribution in [1.82, 2.24) is 4.98 Å². The van der Waals surface area contributed by atoms with E-state index in [2.05, 4.69) is 42.2 Å². The molecular formula is C14H11Br2FN2O2. The average molecular weight is 418 g/mol. The fraction of sp³-hybridized carbons (Fsp3) is 0.143. The largest absolute Gasteiger partial charge is 0.467 e. The lowest BCUT2D eigenvalue weighted by atomic mass is 10.1. The number of carbonyl (C=O) groups excluding carboxylic acids is 1. The summed E-state index contributed by atoms with van der Waals surface area (Å²) in [6.07, 6.45) is 1.57. The van der Waals surface area contributed by atoms with Crippen LogP contribution in [0.5, 0.6) is 0 Å². The Morgan fingerprint density at radius 3 is 2.76 bits per heavy atom. The number of nitrogens with one attached hydrogen (secondary N) is 1. The zero-order valence-corrected chi connectivity index (χ0v) is 14.1. The predicted octanol–water partition coefficient (Wildman–Crippen LogP) is 4.07. The van der Waals surface area contributed by atoms with Crippen molar-refractivity contribution in [3.8, 4) is 0 Å². The minimum absolute atomic E-state index is 0.397. The van der Waals surface area contributed by atoms with E-state index in [1.807, 2.05) is 0 Å². The first-order valence-corrected chi connectivity index (χ1v) is 7.50. The zero-order valence-electron chi connectivity index (χ0n) is 10.9. The Balaban J connectivity index is 2.37. The summed E-state index contributed by atoms with van der Waals surface area (Å²) in [5.41, 5.74) is 0.913. The number of esters is 1. The second-order valence-electron chi connectivity index (χ2n) is 4.13. The lowest BCUT2D eigenvalue weighted by Gasteiger charge is -2.18. The van der Waals surface area contributed by atoms with Crippen LogP contribution in [-0.4, -0.2) is 18.1 Å². The van der Waals surface area contributed by atoms with Crippen LogP contribution in [-0.2, 0) is 9.53 Å². The van der Waals surface area contributed by atoms with Gasteiger partial charge in [-0.15, -0.1) is 0 Å². The van der Waals surface area contributed by atoms with Gasteiger partial charge in [-0.1, -0.05) is 6.07 Å². The van der Waals surface area contributed by atoms with Crippen LogP contribution in [0.2, 0.25) is 0 Å². The summed E-state index contributed by atoms with van der Waals surface area (Å²) in [6.45, 7) is 0. The monoisotopic (exact) mass is 416 g/mol. The normalized spacial score (nSPS) is 11.8. The Kier molecular flexibility index (Phi) is 5.30. The maximum absolute atomic E-state index is 13.2. The van der Waals surface area contributed by atoms with E-state index in [0.29, 0.717) is 15.9 Å². The van der Waals surface area contributed by atoms with Gasteiger partial charge < -0.3 is 10.1 Å². The molecule has 2 aromatic rings. The van der Waals surface area contributed by atoms with Crippen molar-refractivity contribution in [2.75, 3.05) is 12.4 Å². The van der Waals surface area contributed by atoms with Gasteiger partial charge in [-0.2, -0.15) is 0 Å². The first-order valence-electron chi connectivity index (χ1n) is 5.92. The van der Waals surface area contributed by atoms with E-state index >= 15 is 0 Å². The van der Waals surface area contributed by atoms with Crippen LogP contribution in [0.1, 0.15) is 11.7 Å². The Labute approximate surface area is 138 Å². The molecule has 1 atom stereocenters. The fourth-order valence-electron chi connectivity index (χ4n) is 1.74. The molecule has 0 radical (unpaired) electrons. The average Bonchev–Trinajstić information content (AvgIpc) is 2.45. The summed E-state index contributed by atoms with van der Waals surface area (Å²) in [4.78, 5) is 16.2. The molecule has 0 saturated carbocycles. The van der Waals surface area contributed by atoms with Gasteiger partial charge in [0.05, 0.1) is 12.8 Å². The standard InChI is InChI=1S/C14H11Br2FN2O2/c1-21-14(20)13(12-11(16)5-8(15)7-18-12)19-10-4-2-3-9(17)6-10/h2-7,13,19H,1H3. The third-order valence-electron chi connectivity index (χ3n) is 2.68. The molecule has 4 nitrogen and oxygen atoms in total. The van der Waals surface area contributed by atoms with Crippen LogP contribution in [0.15, 0.2) is 45.5 Å². The van der Waals surface area contributed by atoms with Crippen molar-refractivity contribution in [2.24, 2.45) is 0 Å². The summed E-state index contributed by atoms with van der Waals surface area (Å²) in [6, 6.07) is 6.75. The van der Waals surface area contributed by atoms with Gasteiger partial charge in [-0.05, 0) is 56.1 Å². The second-order valence-corrected chi connectivity index (χ2v) is 5.90. The summed E-state index contributed by atoms with van der Waals surface area (Å²) in [7, 11) is 1.29. The van der Waals surface area contributed by atoms with E-state index in [1.54, 1.807) is 24.4 Å². The quantitative estimate of drug-likeness (QED) is 0.761. The van der Waals surface area contributed by atoms with Gasteiger partial charge in [0.15, 0.2) is 6.04 Å². The molecule has 0 spiro atoms. The molecule has 1 heterocycles. The van der Waals surface area contributed by atoms with Crippen LogP contribution in [0.3, 0.4) is 0 Å². The van der Waals surface area contributed by atoms with Crippen LogP contribution < -0.4 is 5.32 Å². The first-order chi connectivity index (χ1) is 10.0. The van der Waals surface area contributed by atoms with Gasteiger partial charge in [-0.3, -0.25) is 4.98 Å². The van der Waals surface area contributed by atoms with Crippen molar-refractivity contribution in [1.29, 1.82) is 0 Å². The number of nitrogens with zero attached hydrogens (tertiary/aromatic N) is 1. The predicted molar refractivity (Wildman–Crippen MR) is 84.4 cm³/mol. The first kappa shape index (κ1) is 15.9. The highest BCUT2D eigenvalue weighted by molar-refractivity contribution is 9.11.